The van der Waals surface area contributed by atoms with Crippen molar-refractivity contribution in [2.45, 2.75) is 19.4 Å². The second-order valence-electron chi connectivity index (χ2n) is 6.64. The van der Waals surface area contributed by atoms with Crippen molar-refractivity contribution in [1.29, 1.82) is 0 Å². The predicted octanol–water partition coefficient (Wildman–Crippen LogP) is 0.592. The normalized spacial score (nSPS) is 13.2. The van der Waals surface area contributed by atoms with Gasteiger partial charge in [0, 0.05) is 31.5 Å². The lowest BCUT2D eigenvalue weighted by Crippen LogP contribution is -2.39. The molecule has 144 valence electrons. The number of anilines is 1. The second kappa shape index (κ2) is 8.03. The highest BCUT2D eigenvalue weighted by atomic mass is 16.2. The summed E-state index contributed by atoms with van der Waals surface area (Å²) >= 11 is 0. The summed E-state index contributed by atoms with van der Waals surface area (Å²) < 4.78 is 1.54. The Morgan fingerprint density at radius 3 is 3.00 bits per heavy atom. The van der Waals surface area contributed by atoms with Gasteiger partial charge in [0.2, 0.25) is 0 Å². The summed E-state index contributed by atoms with van der Waals surface area (Å²) in [6.45, 7) is 2.39. The van der Waals surface area contributed by atoms with Crippen molar-refractivity contribution in [3.63, 3.8) is 0 Å². The van der Waals surface area contributed by atoms with Gasteiger partial charge in [-0.3, -0.25) is 9.59 Å². The Balaban J connectivity index is 1.35. The third-order valence-electron chi connectivity index (χ3n) is 4.75. The summed E-state index contributed by atoms with van der Waals surface area (Å²) in [5.41, 5.74) is 2.09. The molecule has 0 aliphatic carbocycles. The molecule has 0 saturated carbocycles. The minimum atomic E-state index is -0.467. The molecule has 9 nitrogen and oxygen atoms in total. The van der Waals surface area contributed by atoms with Crippen LogP contribution in [-0.4, -0.2) is 50.3 Å². The van der Waals surface area contributed by atoms with Crippen molar-refractivity contribution in [1.82, 2.24) is 30.0 Å². The summed E-state index contributed by atoms with van der Waals surface area (Å²) in [6.07, 6.45) is 6.42. The maximum Gasteiger partial charge on any atom is 0.263 e. The smallest absolute Gasteiger partial charge is 0.263 e. The number of H-pyrrole nitrogens is 1. The zero-order chi connectivity index (χ0) is 19.3. The fraction of sp³-hybridized carbons (Fsp3) is 0.316. The zero-order valence-electron chi connectivity index (χ0n) is 15.3. The lowest BCUT2D eigenvalue weighted by atomic mass is 10.0. The number of hydrogen-bond donors (Lipinski definition) is 2. The number of hydrogen-bond acceptors (Lipinski definition) is 6. The molecular formula is C19H21N7O2. The van der Waals surface area contributed by atoms with Crippen molar-refractivity contribution < 1.29 is 4.79 Å². The fourth-order valence-electron chi connectivity index (χ4n) is 3.39. The number of aryl methyl sites for hydroxylation is 1. The van der Waals surface area contributed by atoms with Gasteiger partial charge in [0.15, 0.2) is 0 Å². The monoisotopic (exact) mass is 379 g/mol. The van der Waals surface area contributed by atoms with Crippen LogP contribution >= 0.6 is 0 Å². The van der Waals surface area contributed by atoms with Crippen molar-refractivity contribution >= 4 is 11.6 Å². The van der Waals surface area contributed by atoms with Crippen LogP contribution in [0.3, 0.4) is 0 Å². The van der Waals surface area contributed by atoms with Crippen LogP contribution in [0.25, 0.3) is 0 Å². The van der Waals surface area contributed by atoms with Crippen LogP contribution in [-0.2, 0) is 13.0 Å². The molecule has 2 aromatic heterocycles. The van der Waals surface area contributed by atoms with E-state index in [9.17, 15) is 9.59 Å². The molecule has 4 rings (SSSR count). The van der Waals surface area contributed by atoms with Gasteiger partial charge in [0.1, 0.15) is 30.6 Å². The summed E-state index contributed by atoms with van der Waals surface area (Å²) in [7, 11) is 0. The first-order valence-corrected chi connectivity index (χ1v) is 9.22. The highest BCUT2D eigenvalue weighted by Crippen LogP contribution is 2.25. The molecule has 1 aromatic carbocycles. The van der Waals surface area contributed by atoms with Gasteiger partial charge in [-0.05, 0) is 24.5 Å². The minimum Gasteiger partial charge on any atom is -0.370 e. The molecule has 0 spiro atoms. The first-order valence-electron chi connectivity index (χ1n) is 9.22. The number of nitrogens with one attached hydrogen (secondary N) is 2. The van der Waals surface area contributed by atoms with E-state index in [-0.39, 0.29) is 12.1 Å². The van der Waals surface area contributed by atoms with Gasteiger partial charge >= 0.3 is 0 Å². The van der Waals surface area contributed by atoms with Crippen LogP contribution < -0.4 is 15.8 Å². The summed E-state index contributed by atoms with van der Waals surface area (Å²) in [6, 6.07) is 8.34. The van der Waals surface area contributed by atoms with Crippen LogP contribution in [0.5, 0.6) is 0 Å². The van der Waals surface area contributed by atoms with E-state index >= 15 is 0 Å². The molecule has 1 aliphatic rings. The summed E-state index contributed by atoms with van der Waals surface area (Å²) in [5.74, 6) is -0.0108. The van der Waals surface area contributed by atoms with E-state index in [0.717, 1.165) is 19.4 Å². The lowest BCUT2D eigenvalue weighted by Gasteiger charge is -2.31. The third-order valence-corrected chi connectivity index (χ3v) is 4.75. The number of rotatable bonds is 6. The Bertz CT molecular complexity index is 1010. The number of aromatic amines is 1. The number of fused-ring (bicyclic) bond motifs is 1. The average molecular weight is 379 g/mol. The summed E-state index contributed by atoms with van der Waals surface area (Å²) in [4.78, 5) is 37.5. The SMILES string of the molecule is O=C(NCCN1CCCc2ccccc21)c1cnc(Cn2cncn2)[nH]c1=O. The number of amides is 1. The maximum atomic E-state index is 12.4. The highest BCUT2D eigenvalue weighted by Gasteiger charge is 2.17. The first-order chi connectivity index (χ1) is 13.7. The number of benzene rings is 1. The van der Waals surface area contributed by atoms with Gasteiger partial charge in [-0.1, -0.05) is 18.2 Å². The number of carbonyl (C=O) groups is 1. The number of nitrogens with zero attached hydrogens (tertiary/aromatic N) is 5. The van der Waals surface area contributed by atoms with Crippen LogP contribution in [0.4, 0.5) is 5.69 Å². The Kier molecular flexibility index (Phi) is 5.14. The molecule has 0 fully saturated rings. The van der Waals surface area contributed by atoms with Gasteiger partial charge in [0.05, 0.1) is 0 Å². The molecule has 9 heteroatoms. The van der Waals surface area contributed by atoms with Crippen molar-refractivity contribution in [3.05, 3.63) is 70.4 Å². The molecular weight excluding hydrogens is 358 g/mol. The molecule has 3 heterocycles. The Hall–Kier alpha value is -3.49. The van der Waals surface area contributed by atoms with Crippen molar-refractivity contribution in [3.8, 4) is 0 Å². The van der Waals surface area contributed by atoms with E-state index in [1.54, 1.807) is 0 Å². The van der Waals surface area contributed by atoms with E-state index in [1.165, 1.54) is 34.8 Å². The molecule has 1 amide bonds. The molecule has 0 unspecified atom stereocenters. The van der Waals surface area contributed by atoms with Crippen LogP contribution in [0.2, 0.25) is 0 Å². The van der Waals surface area contributed by atoms with Gasteiger partial charge in [-0.2, -0.15) is 5.10 Å². The van der Waals surface area contributed by atoms with Gasteiger partial charge in [-0.15, -0.1) is 0 Å². The third kappa shape index (κ3) is 3.93. The molecule has 28 heavy (non-hydrogen) atoms. The first kappa shape index (κ1) is 17.9. The highest BCUT2D eigenvalue weighted by molar-refractivity contribution is 5.93. The quantitative estimate of drug-likeness (QED) is 0.649. The van der Waals surface area contributed by atoms with E-state index in [4.69, 9.17) is 0 Å². The fourth-order valence-corrected chi connectivity index (χ4v) is 3.39. The van der Waals surface area contributed by atoms with E-state index < -0.39 is 11.5 Å². The Morgan fingerprint density at radius 1 is 1.29 bits per heavy atom. The molecule has 3 aromatic rings. The largest absolute Gasteiger partial charge is 0.370 e. The van der Waals surface area contributed by atoms with E-state index in [2.05, 4.69) is 48.5 Å². The van der Waals surface area contributed by atoms with Crippen molar-refractivity contribution in [2.75, 3.05) is 24.5 Å². The molecule has 0 bridgehead atoms. The molecule has 0 atom stereocenters. The standard InChI is InChI=1S/C19H21N7O2/c27-18(15-10-22-17(24-19(15)28)11-26-13-20-12-23-26)21-7-9-25-8-3-5-14-4-1-2-6-16(14)25/h1-2,4,6,10,12-13H,3,5,7-9,11H2,(H,21,27)(H,22,24,28). The van der Waals surface area contributed by atoms with Gasteiger partial charge in [-0.25, -0.2) is 14.6 Å². The minimum absolute atomic E-state index is 0.00128. The van der Waals surface area contributed by atoms with Gasteiger partial charge in [0.25, 0.3) is 11.5 Å². The molecule has 1 aliphatic heterocycles. The molecule has 0 radical (unpaired) electrons. The van der Waals surface area contributed by atoms with Crippen LogP contribution in [0, 0.1) is 0 Å². The Labute approximate surface area is 161 Å². The second-order valence-corrected chi connectivity index (χ2v) is 6.64. The summed E-state index contributed by atoms with van der Waals surface area (Å²) in [5, 5.41) is 6.77. The molecule has 2 N–H and O–H groups in total. The lowest BCUT2D eigenvalue weighted by molar-refractivity contribution is 0.0952. The van der Waals surface area contributed by atoms with Crippen molar-refractivity contribution in [2.24, 2.45) is 0 Å². The van der Waals surface area contributed by atoms with Crippen LogP contribution in [0.1, 0.15) is 28.2 Å². The Morgan fingerprint density at radius 2 is 2.18 bits per heavy atom. The van der Waals surface area contributed by atoms with E-state index in [0.29, 0.717) is 18.9 Å². The number of para-hydroxylation sites is 1. The topological polar surface area (TPSA) is 109 Å². The predicted molar refractivity (Wildman–Crippen MR) is 103 cm³/mol. The zero-order valence-corrected chi connectivity index (χ0v) is 15.3. The van der Waals surface area contributed by atoms with Gasteiger partial charge < -0.3 is 15.2 Å². The van der Waals surface area contributed by atoms with E-state index in [1.807, 2.05) is 6.07 Å². The molecule has 0 saturated heterocycles. The average Bonchev–Trinajstić information content (AvgIpc) is 3.21. The van der Waals surface area contributed by atoms with Crippen LogP contribution in [0.15, 0.2) is 47.9 Å². The maximum absolute atomic E-state index is 12.4. The number of carbonyl (C=O) groups excluding carboxylic acids is 1. The number of aromatic nitrogens is 5.